The van der Waals surface area contributed by atoms with Crippen LogP contribution in [0.4, 0.5) is 5.95 Å². The first kappa shape index (κ1) is 9.52. The van der Waals surface area contributed by atoms with Gasteiger partial charge in [-0.2, -0.15) is 0 Å². The van der Waals surface area contributed by atoms with Crippen molar-refractivity contribution in [2.75, 3.05) is 25.5 Å². The molecule has 1 aliphatic heterocycles. The van der Waals surface area contributed by atoms with Gasteiger partial charge in [0.15, 0.2) is 0 Å². The van der Waals surface area contributed by atoms with E-state index in [1.807, 2.05) is 24.7 Å². The zero-order valence-corrected chi connectivity index (χ0v) is 9.12. The minimum absolute atomic E-state index is 0.556. The standard InChI is InChI=1S/C10H18N4/c1-8-6-14(3)10(11-8)12-9-4-5-13(2)7-9/h6,9H,4-5,7H2,1-3H3,(H,11,12). The van der Waals surface area contributed by atoms with Crippen LogP contribution in [0.1, 0.15) is 12.1 Å². The second-order valence-electron chi connectivity index (χ2n) is 4.21. The van der Waals surface area contributed by atoms with Gasteiger partial charge in [-0.05, 0) is 26.9 Å². The highest BCUT2D eigenvalue weighted by atomic mass is 15.2. The fourth-order valence-electron chi connectivity index (χ4n) is 1.99. The van der Waals surface area contributed by atoms with Crippen LogP contribution in [-0.4, -0.2) is 40.6 Å². The highest BCUT2D eigenvalue weighted by Crippen LogP contribution is 2.13. The summed E-state index contributed by atoms with van der Waals surface area (Å²) in [5, 5.41) is 3.47. The summed E-state index contributed by atoms with van der Waals surface area (Å²) in [5.41, 5.74) is 1.07. The zero-order valence-electron chi connectivity index (χ0n) is 9.12. The molecule has 0 amide bonds. The van der Waals surface area contributed by atoms with Crippen LogP contribution in [0.3, 0.4) is 0 Å². The topological polar surface area (TPSA) is 33.1 Å². The van der Waals surface area contributed by atoms with Gasteiger partial charge in [-0.3, -0.25) is 0 Å². The Hall–Kier alpha value is -1.03. The molecule has 0 spiro atoms. The lowest BCUT2D eigenvalue weighted by atomic mass is 10.3. The molecule has 2 rings (SSSR count). The van der Waals surface area contributed by atoms with Gasteiger partial charge in [-0.15, -0.1) is 0 Å². The third kappa shape index (κ3) is 1.90. The van der Waals surface area contributed by atoms with Crippen molar-refractivity contribution in [1.82, 2.24) is 14.5 Å². The van der Waals surface area contributed by atoms with E-state index in [0.29, 0.717) is 6.04 Å². The predicted molar refractivity (Wildman–Crippen MR) is 57.5 cm³/mol. The van der Waals surface area contributed by atoms with Crippen molar-refractivity contribution < 1.29 is 0 Å². The Morgan fingerprint density at radius 3 is 2.79 bits per heavy atom. The Kier molecular flexibility index (Phi) is 2.46. The monoisotopic (exact) mass is 194 g/mol. The summed E-state index contributed by atoms with van der Waals surface area (Å²) in [4.78, 5) is 6.77. The fourth-order valence-corrected chi connectivity index (χ4v) is 1.99. The van der Waals surface area contributed by atoms with Gasteiger partial charge >= 0.3 is 0 Å². The molecule has 4 heteroatoms. The van der Waals surface area contributed by atoms with Crippen LogP contribution >= 0.6 is 0 Å². The molecular weight excluding hydrogens is 176 g/mol. The molecule has 0 bridgehead atoms. The number of likely N-dealkylation sites (tertiary alicyclic amines) is 1. The first-order valence-electron chi connectivity index (χ1n) is 5.10. The summed E-state index contributed by atoms with van der Waals surface area (Å²) in [7, 11) is 4.19. The average Bonchev–Trinajstić information content (AvgIpc) is 2.61. The largest absolute Gasteiger partial charge is 0.352 e. The van der Waals surface area contributed by atoms with Crippen molar-refractivity contribution in [3.05, 3.63) is 11.9 Å². The summed E-state index contributed by atoms with van der Waals surface area (Å²) in [6, 6.07) is 0.556. The second-order valence-corrected chi connectivity index (χ2v) is 4.21. The van der Waals surface area contributed by atoms with Crippen molar-refractivity contribution in [3.63, 3.8) is 0 Å². The smallest absolute Gasteiger partial charge is 0.203 e. The fraction of sp³-hybridized carbons (Fsp3) is 0.700. The summed E-state index contributed by atoms with van der Waals surface area (Å²) < 4.78 is 2.05. The summed E-state index contributed by atoms with van der Waals surface area (Å²) >= 11 is 0. The minimum atomic E-state index is 0.556. The number of aryl methyl sites for hydroxylation is 2. The molecule has 2 heterocycles. The maximum Gasteiger partial charge on any atom is 0.203 e. The van der Waals surface area contributed by atoms with Crippen molar-refractivity contribution in [2.24, 2.45) is 7.05 Å². The molecule has 78 valence electrons. The number of anilines is 1. The van der Waals surface area contributed by atoms with E-state index in [-0.39, 0.29) is 0 Å². The van der Waals surface area contributed by atoms with Gasteiger partial charge in [0.05, 0.1) is 5.69 Å². The van der Waals surface area contributed by atoms with Gasteiger partial charge in [0.2, 0.25) is 5.95 Å². The normalized spacial score (nSPS) is 22.9. The molecule has 1 aromatic heterocycles. The Bertz CT molecular complexity index is 318. The molecule has 1 atom stereocenters. The minimum Gasteiger partial charge on any atom is -0.352 e. The van der Waals surface area contributed by atoms with Gasteiger partial charge in [-0.25, -0.2) is 4.98 Å². The molecule has 1 aromatic rings. The predicted octanol–water partition coefficient (Wildman–Crippen LogP) is 0.845. The van der Waals surface area contributed by atoms with Gasteiger partial charge in [0, 0.05) is 25.8 Å². The average molecular weight is 194 g/mol. The van der Waals surface area contributed by atoms with E-state index in [2.05, 4.69) is 22.2 Å². The van der Waals surface area contributed by atoms with E-state index in [4.69, 9.17) is 0 Å². The lowest BCUT2D eigenvalue weighted by molar-refractivity contribution is 0.413. The number of hydrogen-bond acceptors (Lipinski definition) is 3. The quantitative estimate of drug-likeness (QED) is 0.757. The summed E-state index contributed by atoms with van der Waals surface area (Å²) in [6.45, 7) is 4.32. The van der Waals surface area contributed by atoms with Gasteiger partial charge in [0.1, 0.15) is 0 Å². The van der Waals surface area contributed by atoms with E-state index >= 15 is 0 Å². The van der Waals surface area contributed by atoms with Crippen LogP contribution in [0.5, 0.6) is 0 Å². The maximum atomic E-state index is 4.43. The Morgan fingerprint density at radius 2 is 2.29 bits per heavy atom. The molecule has 0 aliphatic carbocycles. The summed E-state index contributed by atoms with van der Waals surface area (Å²) in [5.74, 6) is 0.989. The van der Waals surface area contributed by atoms with Crippen LogP contribution in [-0.2, 0) is 7.05 Å². The molecule has 1 fully saturated rings. The molecule has 1 unspecified atom stereocenters. The van der Waals surface area contributed by atoms with Crippen LogP contribution in [0, 0.1) is 6.92 Å². The van der Waals surface area contributed by atoms with Crippen molar-refractivity contribution in [2.45, 2.75) is 19.4 Å². The number of hydrogen-bond donors (Lipinski definition) is 1. The lowest BCUT2D eigenvalue weighted by Crippen LogP contribution is -2.24. The molecule has 14 heavy (non-hydrogen) atoms. The van der Waals surface area contributed by atoms with Crippen LogP contribution < -0.4 is 5.32 Å². The highest BCUT2D eigenvalue weighted by molar-refractivity contribution is 5.30. The van der Waals surface area contributed by atoms with E-state index < -0.39 is 0 Å². The number of imidazole rings is 1. The van der Waals surface area contributed by atoms with Gasteiger partial charge in [-0.1, -0.05) is 0 Å². The number of aromatic nitrogens is 2. The molecule has 1 saturated heterocycles. The number of likely N-dealkylation sites (N-methyl/N-ethyl adjacent to an activating group) is 1. The molecule has 4 nitrogen and oxygen atoms in total. The molecule has 0 radical (unpaired) electrons. The highest BCUT2D eigenvalue weighted by Gasteiger charge is 2.20. The second kappa shape index (κ2) is 3.61. The van der Waals surface area contributed by atoms with E-state index in [9.17, 15) is 0 Å². The molecule has 1 N–H and O–H groups in total. The Balaban J connectivity index is 2.00. The summed E-state index contributed by atoms with van der Waals surface area (Å²) in [6.07, 6.45) is 3.25. The molecule has 0 aromatic carbocycles. The first-order valence-corrected chi connectivity index (χ1v) is 5.10. The Labute approximate surface area is 84.9 Å². The zero-order chi connectivity index (χ0) is 10.1. The van der Waals surface area contributed by atoms with E-state index in [0.717, 1.165) is 18.2 Å². The van der Waals surface area contributed by atoms with Crippen molar-refractivity contribution in [3.8, 4) is 0 Å². The van der Waals surface area contributed by atoms with Crippen molar-refractivity contribution >= 4 is 5.95 Å². The lowest BCUT2D eigenvalue weighted by Gasteiger charge is -2.13. The first-order chi connectivity index (χ1) is 6.65. The van der Waals surface area contributed by atoms with Crippen LogP contribution in [0.2, 0.25) is 0 Å². The van der Waals surface area contributed by atoms with E-state index in [1.165, 1.54) is 13.0 Å². The third-order valence-electron chi connectivity index (χ3n) is 2.72. The maximum absolute atomic E-state index is 4.43. The molecule has 0 saturated carbocycles. The number of nitrogens with zero attached hydrogens (tertiary/aromatic N) is 3. The van der Waals surface area contributed by atoms with Gasteiger partial charge < -0.3 is 14.8 Å². The van der Waals surface area contributed by atoms with Crippen LogP contribution in [0.15, 0.2) is 6.20 Å². The Morgan fingerprint density at radius 1 is 1.50 bits per heavy atom. The van der Waals surface area contributed by atoms with Crippen molar-refractivity contribution in [1.29, 1.82) is 0 Å². The number of nitrogens with one attached hydrogen (secondary N) is 1. The SMILES string of the molecule is Cc1cn(C)c(NC2CCN(C)C2)n1. The number of rotatable bonds is 2. The molecule has 1 aliphatic rings. The van der Waals surface area contributed by atoms with E-state index in [1.54, 1.807) is 0 Å². The molecular formula is C10H18N4. The van der Waals surface area contributed by atoms with Crippen LogP contribution in [0.25, 0.3) is 0 Å². The third-order valence-corrected chi connectivity index (χ3v) is 2.72. The van der Waals surface area contributed by atoms with Gasteiger partial charge in [0.25, 0.3) is 0 Å².